The third-order valence-electron chi connectivity index (χ3n) is 3.63. The molecule has 2 aromatic rings. The van der Waals surface area contributed by atoms with Crippen LogP contribution in [-0.2, 0) is 10.0 Å². The molecule has 25 heavy (non-hydrogen) atoms. The molecule has 1 atom stereocenters. The van der Waals surface area contributed by atoms with E-state index in [4.69, 9.17) is 5.73 Å². The van der Waals surface area contributed by atoms with Gasteiger partial charge < -0.3 is 11.1 Å². The number of hydrogen-bond acceptors (Lipinski definition) is 4. The summed E-state index contributed by atoms with van der Waals surface area (Å²) in [7, 11) is -3.77. The average molecular weight is 361 g/mol. The zero-order valence-electron chi connectivity index (χ0n) is 14.3. The first-order chi connectivity index (χ1) is 11.8. The van der Waals surface area contributed by atoms with Crippen LogP contribution in [0.25, 0.3) is 0 Å². The number of amides is 1. The molecule has 0 bridgehead atoms. The monoisotopic (exact) mass is 361 g/mol. The van der Waals surface area contributed by atoms with Gasteiger partial charge in [0.2, 0.25) is 0 Å². The number of para-hydroxylation sites is 1. The first-order valence-electron chi connectivity index (χ1n) is 8.02. The maximum absolute atomic E-state index is 12.5. The molecule has 7 heteroatoms. The van der Waals surface area contributed by atoms with Gasteiger partial charge in [0.15, 0.2) is 0 Å². The molecule has 0 saturated heterocycles. The highest BCUT2D eigenvalue weighted by molar-refractivity contribution is 7.92. The summed E-state index contributed by atoms with van der Waals surface area (Å²) in [5.41, 5.74) is 7.13. The Morgan fingerprint density at radius 3 is 2.40 bits per heavy atom. The minimum absolute atomic E-state index is 0.0180. The predicted molar refractivity (Wildman–Crippen MR) is 99.0 cm³/mol. The summed E-state index contributed by atoms with van der Waals surface area (Å²) in [6, 6.07) is 13.0. The Morgan fingerprint density at radius 1 is 1.12 bits per heavy atom. The Kier molecular flexibility index (Phi) is 6.17. The van der Waals surface area contributed by atoms with E-state index in [9.17, 15) is 13.2 Å². The summed E-state index contributed by atoms with van der Waals surface area (Å²) in [6.07, 6.45) is 0.642. The fraction of sp³-hybridized carbons (Fsp3) is 0.278. The van der Waals surface area contributed by atoms with E-state index in [-0.39, 0.29) is 28.1 Å². The Hall–Kier alpha value is -2.38. The van der Waals surface area contributed by atoms with E-state index in [1.807, 2.05) is 13.8 Å². The first-order valence-corrected chi connectivity index (χ1v) is 9.50. The van der Waals surface area contributed by atoms with Crippen LogP contribution in [-0.4, -0.2) is 26.9 Å². The van der Waals surface area contributed by atoms with Gasteiger partial charge in [0.25, 0.3) is 15.9 Å². The first kappa shape index (κ1) is 19.0. The summed E-state index contributed by atoms with van der Waals surface area (Å²) in [5, 5.41) is 2.75. The van der Waals surface area contributed by atoms with Crippen LogP contribution in [0.2, 0.25) is 0 Å². The van der Waals surface area contributed by atoms with Crippen LogP contribution in [0.1, 0.15) is 29.3 Å². The van der Waals surface area contributed by atoms with E-state index < -0.39 is 10.0 Å². The Morgan fingerprint density at radius 2 is 1.76 bits per heavy atom. The lowest BCUT2D eigenvalue weighted by atomic mass is 10.1. The molecular weight excluding hydrogens is 338 g/mol. The van der Waals surface area contributed by atoms with Crippen molar-refractivity contribution in [3.63, 3.8) is 0 Å². The smallest absolute Gasteiger partial charge is 0.261 e. The minimum atomic E-state index is -3.77. The quantitative estimate of drug-likeness (QED) is 0.704. The van der Waals surface area contributed by atoms with E-state index >= 15 is 0 Å². The van der Waals surface area contributed by atoms with Crippen molar-refractivity contribution < 1.29 is 13.2 Å². The Bertz CT molecular complexity index is 831. The van der Waals surface area contributed by atoms with Crippen molar-refractivity contribution in [1.29, 1.82) is 0 Å². The van der Waals surface area contributed by atoms with E-state index in [0.29, 0.717) is 13.0 Å². The molecule has 0 radical (unpaired) electrons. The normalized spacial score (nSPS) is 12.4. The number of carbonyl (C=O) groups excluding carboxylic acids is 1. The van der Waals surface area contributed by atoms with Crippen molar-refractivity contribution in [3.05, 3.63) is 59.7 Å². The SMILES string of the molecule is Cc1ccc(S(=O)(=O)Nc2ccccc2C(=O)NCCC(C)N)cc1. The fourth-order valence-electron chi connectivity index (χ4n) is 2.20. The lowest BCUT2D eigenvalue weighted by molar-refractivity contribution is 0.0953. The summed E-state index contributed by atoms with van der Waals surface area (Å²) in [4.78, 5) is 12.5. The van der Waals surface area contributed by atoms with Crippen molar-refractivity contribution in [2.45, 2.75) is 31.2 Å². The zero-order valence-corrected chi connectivity index (χ0v) is 15.1. The largest absolute Gasteiger partial charge is 0.352 e. The second kappa shape index (κ2) is 8.13. The van der Waals surface area contributed by atoms with Gasteiger partial charge in [0.05, 0.1) is 16.1 Å². The number of nitrogens with two attached hydrogens (primary N) is 1. The van der Waals surface area contributed by atoms with Gasteiger partial charge >= 0.3 is 0 Å². The van der Waals surface area contributed by atoms with E-state index in [2.05, 4.69) is 10.0 Å². The molecule has 0 fully saturated rings. The summed E-state index contributed by atoms with van der Waals surface area (Å²) >= 11 is 0. The predicted octanol–water partition coefficient (Wildman–Crippen LogP) is 2.26. The molecule has 1 unspecified atom stereocenters. The van der Waals surface area contributed by atoms with Gasteiger partial charge in [0.1, 0.15) is 0 Å². The van der Waals surface area contributed by atoms with Crippen LogP contribution in [0.5, 0.6) is 0 Å². The van der Waals surface area contributed by atoms with Gasteiger partial charge in [-0.1, -0.05) is 29.8 Å². The molecule has 6 nitrogen and oxygen atoms in total. The average Bonchev–Trinajstić information content (AvgIpc) is 2.55. The Labute approximate surface area is 148 Å². The molecule has 2 rings (SSSR count). The van der Waals surface area contributed by atoms with Crippen molar-refractivity contribution in [2.24, 2.45) is 5.73 Å². The van der Waals surface area contributed by atoms with Crippen LogP contribution in [0.3, 0.4) is 0 Å². The topological polar surface area (TPSA) is 101 Å². The molecule has 0 aromatic heterocycles. The molecule has 0 aliphatic heterocycles. The van der Waals surface area contributed by atoms with Crippen molar-refractivity contribution in [3.8, 4) is 0 Å². The highest BCUT2D eigenvalue weighted by Crippen LogP contribution is 2.20. The number of rotatable bonds is 7. The van der Waals surface area contributed by atoms with Crippen molar-refractivity contribution >= 4 is 21.6 Å². The number of benzene rings is 2. The third kappa shape index (κ3) is 5.30. The molecule has 2 aromatic carbocycles. The van der Waals surface area contributed by atoms with Gasteiger partial charge in [-0.05, 0) is 44.5 Å². The minimum Gasteiger partial charge on any atom is -0.352 e. The van der Waals surface area contributed by atoms with Gasteiger partial charge in [-0.2, -0.15) is 0 Å². The highest BCUT2D eigenvalue weighted by Gasteiger charge is 2.18. The summed E-state index contributed by atoms with van der Waals surface area (Å²) in [6.45, 7) is 4.16. The van der Waals surface area contributed by atoms with E-state index in [1.54, 1.807) is 36.4 Å². The maximum Gasteiger partial charge on any atom is 0.261 e. The molecule has 0 aliphatic carbocycles. The van der Waals surface area contributed by atoms with Gasteiger partial charge in [-0.25, -0.2) is 8.42 Å². The molecule has 0 heterocycles. The second-order valence-electron chi connectivity index (χ2n) is 5.99. The van der Waals surface area contributed by atoms with Crippen LogP contribution in [0.15, 0.2) is 53.4 Å². The molecule has 1 amide bonds. The lowest BCUT2D eigenvalue weighted by Gasteiger charge is -2.13. The van der Waals surface area contributed by atoms with Gasteiger partial charge in [-0.3, -0.25) is 9.52 Å². The Balaban J connectivity index is 2.20. The standard InChI is InChI=1S/C18H23N3O3S/c1-13-7-9-15(10-8-13)25(23,24)21-17-6-4-3-5-16(17)18(22)20-12-11-14(2)19/h3-10,14,21H,11-12,19H2,1-2H3,(H,20,22). The summed E-state index contributed by atoms with van der Waals surface area (Å²) in [5.74, 6) is -0.345. The van der Waals surface area contributed by atoms with Crippen molar-refractivity contribution in [1.82, 2.24) is 5.32 Å². The zero-order chi connectivity index (χ0) is 18.4. The van der Waals surface area contributed by atoms with E-state index in [1.165, 1.54) is 12.1 Å². The molecule has 4 N–H and O–H groups in total. The molecule has 0 saturated carbocycles. The number of hydrogen-bond donors (Lipinski definition) is 3. The third-order valence-corrected chi connectivity index (χ3v) is 5.01. The highest BCUT2D eigenvalue weighted by atomic mass is 32.2. The van der Waals surface area contributed by atoms with Crippen LogP contribution in [0.4, 0.5) is 5.69 Å². The number of carbonyl (C=O) groups is 1. The maximum atomic E-state index is 12.5. The molecular formula is C18H23N3O3S. The number of aryl methyl sites for hydroxylation is 1. The number of anilines is 1. The van der Waals surface area contributed by atoms with Crippen LogP contribution >= 0.6 is 0 Å². The molecule has 0 spiro atoms. The van der Waals surface area contributed by atoms with E-state index in [0.717, 1.165) is 5.56 Å². The van der Waals surface area contributed by atoms with Crippen molar-refractivity contribution in [2.75, 3.05) is 11.3 Å². The molecule has 134 valence electrons. The van der Waals surface area contributed by atoms with Gasteiger partial charge in [-0.15, -0.1) is 0 Å². The fourth-order valence-corrected chi connectivity index (χ4v) is 3.28. The van der Waals surface area contributed by atoms with Gasteiger partial charge in [0, 0.05) is 12.6 Å². The second-order valence-corrected chi connectivity index (χ2v) is 7.67. The number of sulfonamides is 1. The summed E-state index contributed by atoms with van der Waals surface area (Å²) < 4.78 is 27.6. The van der Waals surface area contributed by atoms with Crippen LogP contribution < -0.4 is 15.8 Å². The lowest BCUT2D eigenvalue weighted by Crippen LogP contribution is -2.29. The number of nitrogens with one attached hydrogen (secondary N) is 2. The van der Waals surface area contributed by atoms with Crippen LogP contribution in [0, 0.1) is 6.92 Å². The molecule has 0 aliphatic rings.